The molecule has 0 bridgehead atoms. The molecule has 20 heavy (non-hydrogen) atoms. The van der Waals surface area contributed by atoms with E-state index in [4.69, 9.17) is 16.4 Å². The van der Waals surface area contributed by atoms with Gasteiger partial charge in [0.1, 0.15) is 11.4 Å². The molecule has 1 aromatic rings. The molecule has 1 aliphatic rings. The van der Waals surface area contributed by atoms with Gasteiger partial charge in [0.05, 0.1) is 5.57 Å². The predicted octanol–water partition coefficient (Wildman–Crippen LogP) is 3.41. The third-order valence-corrected chi connectivity index (χ3v) is 3.64. The van der Waals surface area contributed by atoms with Gasteiger partial charge in [-0.1, -0.05) is 11.6 Å². The Balaban J connectivity index is 2.75. The number of hydroxylamine groups is 2. The van der Waals surface area contributed by atoms with Crippen LogP contribution in [0.15, 0.2) is 17.9 Å². The first-order valence-corrected chi connectivity index (χ1v) is 6.71. The number of hydrogen-bond donors (Lipinski definition) is 1. The molecule has 1 aromatic carbocycles. The van der Waals surface area contributed by atoms with Crippen LogP contribution in [0.3, 0.4) is 0 Å². The second-order valence-corrected chi connectivity index (χ2v) is 5.98. The maximum atomic E-state index is 12.4. The highest BCUT2D eigenvalue weighted by atomic mass is 35.5. The van der Waals surface area contributed by atoms with Crippen LogP contribution in [0, 0.1) is 13.8 Å². The number of carbonyl (C=O) groups excluding carboxylic acids is 1. The molecule has 0 saturated heterocycles. The molecule has 0 atom stereocenters. The number of aliphatic hydroxyl groups is 1. The Kier molecular flexibility index (Phi) is 3.56. The van der Waals surface area contributed by atoms with Gasteiger partial charge in [0.25, 0.3) is 5.91 Å². The molecule has 0 spiro atoms. The van der Waals surface area contributed by atoms with Crippen molar-refractivity contribution in [3.63, 3.8) is 0 Å². The fraction of sp³-hybridized carbons (Fsp3) is 0.400. The van der Waals surface area contributed by atoms with Crippen molar-refractivity contribution in [1.29, 1.82) is 0 Å². The van der Waals surface area contributed by atoms with Crippen LogP contribution < -0.4 is 0 Å². The predicted molar refractivity (Wildman–Crippen MR) is 78.4 cm³/mol. The molecule has 4 nitrogen and oxygen atoms in total. The van der Waals surface area contributed by atoms with Gasteiger partial charge in [0.2, 0.25) is 0 Å². The van der Waals surface area contributed by atoms with Crippen LogP contribution in [0.5, 0.6) is 0 Å². The highest BCUT2D eigenvalue weighted by molar-refractivity contribution is 6.31. The number of nitrogens with zero attached hydrogens (tertiary/aromatic N) is 1. The van der Waals surface area contributed by atoms with Crippen molar-refractivity contribution in [2.75, 3.05) is 7.05 Å². The van der Waals surface area contributed by atoms with Gasteiger partial charge in [0.15, 0.2) is 0 Å². The molecule has 0 aliphatic carbocycles. The minimum absolute atomic E-state index is 0.0610. The average Bonchev–Trinajstić information content (AvgIpc) is 2.29. The van der Waals surface area contributed by atoms with Crippen LogP contribution in [-0.2, 0) is 9.63 Å². The van der Waals surface area contributed by atoms with Gasteiger partial charge < -0.3 is 5.11 Å². The number of benzene rings is 1. The molecule has 0 unspecified atom stereocenters. The van der Waals surface area contributed by atoms with Gasteiger partial charge in [-0.15, -0.1) is 0 Å². The number of likely N-dealkylation sites (N-methyl/N-ethyl adjacent to an activating group) is 1. The van der Waals surface area contributed by atoms with E-state index < -0.39 is 5.60 Å². The van der Waals surface area contributed by atoms with Gasteiger partial charge in [-0.2, -0.15) is 0 Å². The quantitative estimate of drug-likeness (QED) is 0.864. The molecule has 0 aromatic heterocycles. The SMILES string of the molecule is Cc1cc(Cl)cc(C)c1C1=C(O)C(C)(C)ON(C)C1=O. The molecule has 1 amide bonds. The van der Waals surface area contributed by atoms with E-state index in [9.17, 15) is 9.90 Å². The molecular weight excluding hydrogens is 278 g/mol. The Morgan fingerprint density at radius 1 is 1.25 bits per heavy atom. The lowest BCUT2D eigenvalue weighted by molar-refractivity contribution is -0.218. The lowest BCUT2D eigenvalue weighted by atomic mass is 9.89. The van der Waals surface area contributed by atoms with E-state index in [2.05, 4.69) is 0 Å². The number of aliphatic hydroxyl groups excluding tert-OH is 1. The Bertz CT molecular complexity index is 597. The molecule has 0 fully saturated rings. The summed E-state index contributed by atoms with van der Waals surface area (Å²) in [5, 5.41) is 12.2. The summed E-state index contributed by atoms with van der Waals surface area (Å²) in [6.07, 6.45) is 0. The fourth-order valence-corrected chi connectivity index (χ4v) is 2.84. The summed E-state index contributed by atoms with van der Waals surface area (Å²) in [5.41, 5.74) is 1.72. The second-order valence-electron chi connectivity index (χ2n) is 5.54. The first-order valence-electron chi connectivity index (χ1n) is 6.33. The zero-order valence-corrected chi connectivity index (χ0v) is 13.0. The fourth-order valence-electron chi connectivity index (χ4n) is 2.52. The number of halogens is 1. The van der Waals surface area contributed by atoms with E-state index in [1.165, 1.54) is 7.05 Å². The Morgan fingerprint density at radius 3 is 2.25 bits per heavy atom. The van der Waals surface area contributed by atoms with Crippen molar-refractivity contribution in [3.05, 3.63) is 39.6 Å². The molecular formula is C15H18ClNO3. The van der Waals surface area contributed by atoms with Crippen LogP contribution in [0.2, 0.25) is 5.02 Å². The molecule has 1 heterocycles. The average molecular weight is 296 g/mol. The van der Waals surface area contributed by atoms with Crippen molar-refractivity contribution in [2.45, 2.75) is 33.3 Å². The van der Waals surface area contributed by atoms with Gasteiger partial charge in [0, 0.05) is 12.1 Å². The molecule has 1 N–H and O–H groups in total. The standard InChI is InChI=1S/C15H18ClNO3/c1-8-6-10(16)7-9(2)11(8)12-13(18)15(3,4)20-17(5)14(12)19/h6-7,18H,1-5H3. The lowest BCUT2D eigenvalue weighted by Crippen LogP contribution is -2.45. The van der Waals surface area contributed by atoms with Crippen molar-refractivity contribution >= 4 is 23.1 Å². The minimum Gasteiger partial charge on any atom is -0.508 e. The Labute approximate surface area is 123 Å². The van der Waals surface area contributed by atoms with E-state index in [1.54, 1.807) is 26.0 Å². The zero-order valence-electron chi connectivity index (χ0n) is 12.2. The van der Waals surface area contributed by atoms with Crippen LogP contribution in [-0.4, -0.2) is 28.7 Å². The van der Waals surface area contributed by atoms with Crippen molar-refractivity contribution in [3.8, 4) is 0 Å². The molecule has 0 saturated carbocycles. The van der Waals surface area contributed by atoms with Crippen LogP contribution >= 0.6 is 11.6 Å². The Morgan fingerprint density at radius 2 is 1.75 bits per heavy atom. The van der Waals surface area contributed by atoms with E-state index in [0.717, 1.165) is 16.2 Å². The smallest absolute Gasteiger partial charge is 0.281 e. The van der Waals surface area contributed by atoms with Crippen molar-refractivity contribution in [1.82, 2.24) is 5.06 Å². The number of rotatable bonds is 1. The monoisotopic (exact) mass is 295 g/mol. The van der Waals surface area contributed by atoms with E-state index in [1.807, 2.05) is 13.8 Å². The molecule has 1 aliphatic heterocycles. The summed E-state index contributed by atoms with van der Waals surface area (Å²) >= 11 is 6.02. The summed E-state index contributed by atoms with van der Waals surface area (Å²) in [7, 11) is 1.54. The summed E-state index contributed by atoms with van der Waals surface area (Å²) in [6.45, 7) is 7.16. The maximum Gasteiger partial charge on any atom is 0.281 e. The highest BCUT2D eigenvalue weighted by Crippen LogP contribution is 2.37. The Hall–Kier alpha value is -1.52. The number of carbonyl (C=O) groups is 1. The van der Waals surface area contributed by atoms with Crippen molar-refractivity contribution in [2.24, 2.45) is 0 Å². The van der Waals surface area contributed by atoms with Gasteiger partial charge in [-0.25, -0.2) is 5.06 Å². The lowest BCUT2D eigenvalue weighted by Gasteiger charge is -2.36. The van der Waals surface area contributed by atoms with Crippen LogP contribution in [0.1, 0.15) is 30.5 Å². The minimum atomic E-state index is -0.948. The molecule has 2 rings (SSSR count). The first kappa shape index (κ1) is 14.9. The molecule has 5 heteroatoms. The third-order valence-electron chi connectivity index (χ3n) is 3.42. The van der Waals surface area contributed by atoms with Gasteiger partial charge >= 0.3 is 0 Å². The van der Waals surface area contributed by atoms with Crippen LogP contribution in [0.25, 0.3) is 5.57 Å². The maximum absolute atomic E-state index is 12.4. The van der Waals surface area contributed by atoms with Crippen LogP contribution in [0.4, 0.5) is 0 Å². The highest BCUT2D eigenvalue weighted by Gasteiger charge is 2.40. The molecule has 0 radical (unpaired) electrons. The normalized spacial score (nSPS) is 18.7. The summed E-state index contributed by atoms with van der Waals surface area (Å²) < 4.78 is 0. The number of amides is 1. The van der Waals surface area contributed by atoms with Gasteiger partial charge in [-0.3, -0.25) is 9.63 Å². The van der Waals surface area contributed by atoms with E-state index in [-0.39, 0.29) is 17.2 Å². The van der Waals surface area contributed by atoms with Gasteiger partial charge in [-0.05, 0) is 56.5 Å². The molecule has 108 valence electrons. The summed E-state index contributed by atoms with van der Waals surface area (Å²) in [6, 6.07) is 3.56. The topological polar surface area (TPSA) is 49.8 Å². The summed E-state index contributed by atoms with van der Waals surface area (Å²) in [5.74, 6) is -0.426. The number of hydrogen-bond acceptors (Lipinski definition) is 3. The summed E-state index contributed by atoms with van der Waals surface area (Å²) in [4.78, 5) is 17.8. The van der Waals surface area contributed by atoms with E-state index >= 15 is 0 Å². The third kappa shape index (κ3) is 2.30. The number of aryl methyl sites for hydroxylation is 2. The van der Waals surface area contributed by atoms with Crippen molar-refractivity contribution < 1.29 is 14.7 Å². The second kappa shape index (κ2) is 4.79. The first-order chi connectivity index (χ1) is 9.15. The largest absolute Gasteiger partial charge is 0.508 e. The van der Waals surface area contributed by atoms with E-state index in [0.29, 0.717) is 10.6 Å². The zero-order chi connectivity index (χ0) is 15.2.